The van der Waals surface area contributed by atoms with E-state index in [1.165, 1.54) is 16.3 Å². The van der Waals surface area contributed by atoms with Gasteiger partial charge in [-0.25, -0.2) is 0 Å². The maximum atomic E-state index is 12.0. The molecular weight excluding hydrogens is 290 g/mol. The largest absolute Gasteiger partial charge is 0.360 e. The van der Waals surface area contributed by atoms with E-state index in [9.17, 15) is 4.79 Å². The van der Waals surface area contributed by atoms with Crippen LogP contribution in [0.2, 0.25) is 0 Å². The zero-order valence-corrected chi connectivity index (χ0v) is 13.2. The molecular formula is C18H20N3O2+. The zero-order chi connectivity index (χ0) is 16.2. The topological polar surface area (TPSA) is 71.7 Å². The number of carbonyl (C=O) groups is 1. The first kappa shape index (κ1) is 15.2. The van der Waals surface area contributed by atoms with Gasteiger partial charge in [0.05, 0.1) is 0 Å². The molecule has 1 aromatic heterocycles. The molecule has 0 aliphatic rings. The normalized spacial score (nSPS) is 12.3. The standard InChI is InChI=1S/C18H19N3O2/c1-12-10-17(21-23-12)20-18(22)11-19-13(2)15-9-5-7-14-6-3-4-8-16(14)15/h3-10,13,19H,11H2,1-2H3,(H,20,21,22)/p+1/t13-/m1/s1. The molecule has 1 heterocycles. The van der Waals surface area contributed by atoms with Gasteiger partial charge in [0.25, 0.3) is 5.91 Å². The van der Waals surface area contributed by atoms with Gasteiger partial charge < -0.3 is 15.2 Å². The van der Waals surface area contributed by atoms with Crippen LogP contribution in [0, 0.1) is 6.92 Å². The minimum Gasteiger partial charge on any atom is -0.360 e. The number of nitrogens with one attached hydrogen (secondary N) is 1. The average Bonchev–Trinajstić information content (AvgIpc) is 2.97. The van der Waals surface area contributed by atoms with Crippen LogP contribution < -0.4 is 10.6 Å². The molecule has 3 aromatic rings. The van der Waals surface area contributed by atoms with Gasteiger partial charge >= 0.3 is 0 Å². The van der Waals surface area contributed by atoms with E-state index in [1.54, 1.807) is 13.0 Å². The van der Waals surface area contributed by atoms with E-state index in [1.807, 2.05) is 17.4 Å². The molecule has 0 saturated carbocycles. The molecule has 0 spiro atoms. The number of amides is 1. The van der Waals surface area contributed by atoms with Crippen molar-refractivity contribution in [3.05, 3.63) is 59.9 Å². The van der Waals surface area contributed by atoms with Gasteiger partial charge in [-0.2, -0.15) is 0 Å². The van der Waals surface area contributed by atoms with Gasteiger partial charge in [0.2, 0.25) is 0 Å². The fourth-order valence-corrected chi connectivity index (χ4v) is 2.68. The van der Waals surface area contributed by atoms with E-state index in [-0.39, 0.29) is 11.9 Å². The Morgan fingerprint density at radius 1 is 1.26 bits per heavy atom. The Morgan fingerprint density at radius 2 is 2.04 bits per heavy atom. The fraction of sp³-hybridized carbons (Fsp3) is 0.222. The van der Waals surface area contributed by atoms with Gasteiger partial charge in [-0.15, -0.1) is 0 Å². The highest BCUT2D eigenvalue weighted by Gasteiger charge is 2.14. The van der Waals surface area contributed by atoms with Gasteiger partial charge in [0.15, 0.2) is 12.4 Å². The first-order chi connectivity index (χ1) is 11.1. The first-order valence-electron chi connectivity index (χ1n) is 7.67. The van der Waals surface area contributed by atoms with E-state index in [0.717, 1.165) is 0 Å². The van der Waals surface area contributed by atoms with Crippen LogP contribution in [0.15, 0.2) is 53.1 Å². The smallest absolute Gasteiger partial charge is 0.280 e. The minimum atomic E-state index is -0.0922. The van der Waals surface area contributed by atoms with Crippen molar-refractivity contribution in [2.24, 2.45) is 0 Å². The highest BCUT2D eigenvalue weighted by Crippen LogP contribution is 2.21. The molecule has 1 atom stereocenters. The number of rotatable bonds is 5. The predicted molar refractivity (Wildman–Crippen MR) is 89.0 cm³/mol. The Labute approximate surface area is 134 Å². The van der Waals surface area contributed by atoms with Crippen LogP contribution in [-0.2, 0) is 4.79 Å². The number of carbonyl (C=O) groups excluding carboxylic acids is 1. The lowest BCUT2D eigenvalue weighted by Crippen LogP contribution is -2.86. The molecule has 118 valence electrons. The number of quaternary nitrogens is 1. The molecule has 0 radical (unpaired) electrons. The summed E-state index contributed by atoms with van der Waals surface area (Å²) < 4.78 is 4.93. The van der Waals surface area contributed by atoms with Crippen molar-refractivity contribution in [1.82, 2.24) is 5.16 Å². The van der Waals surface area contributed by atoms with Gasteiger partial charge in [-0.1, -0.05) is 47.6 Å². The number of hydrogen-bond acceptors (Lipinski definition) is 3. The predicted octanol–water partition coefficient (Wildman–Crippen LogP) is 2.40. The van der Waals surface area contributed by atoms with Crippen molar-refractivity contribution in [1.29, 1.82) is 0 Å². The summed E-state index contributed by atoms with van der Waals surface area (Å²) in [6.07, 6.45) is 0. The summed E-state index contributed by atoms with van der Waals surface area (Å²) in [5.74, 6) is 1.04. The summed E-state index contributed by atoms with van der Waals surface area (Å²) in [6.45, 7) is 4.23. The lowest BCUT2D eigenvalue weighted by atomic mass is 10.00. The summed E-state index contributed by atoms with van der Waals surface area (Å²) in [4.78, 5) is 12.0. The molecule has 0 aliphatic heterocycles. The van der Waals surface area contributed by atoms with Crippen LogP contribution >= 0.6 is 0 Å². The van der Waals surface area contributed by atoms with E-state index in [0.29, 0.717) is 18.1 Å². The van der Waals surface area contributed by atoms with Crippen LogP contribution in [0.1, 0.15) is 24.3 Å². The van der Waals surface area contributed by atoms with Crippen LogP contribution in [0.4, 0.5) is 5.82 Å². The van der Waals surface area contributed by atoms with Gasteiger partial charge in [0, 0.05) is 11.6 Å². The van der Waals surface area contributed by atoms with Crippen molar-refractivity contribution in [3.63, 3.8) is 0 Å². The molecule has 3 N–H and O–H groups in total. The van der Waals surface area contributed by atoms with Gasteiger partial charge in [0.1, 0.15) is 11.8 Å². The number of benzene rings is 2. The minimum absolute atomic E-state index is 0.0922. The molecule has 23 heavy (non-hydrogen) atoms. The van der Waals surface area contributed by atoms with Crippen molar-refractivity contribution in [2.75, 3.05) is 11.9 Å². The lowest BCUT2D eigenvalue weighted by Gasteiger charge is -2.13. The van der Waals surface area contributed by atoms with Crippen molar-refractivity contribution >= 4 is 22.5 Å². The molecule has 0 fully saturated rings. The number of aromatic nitrogens is 1. The molecule has 5 heteroatoms. The van der Waals surface area contributed by atoms with Crippen LogP contribution in [0.5, 0.6) is 0 Å². The SMILES string of the molecule is Cc1cc(NC(=O)C[NH2+][C@H](C)c2cccc3ccccc23)no1. The third-order valence-electron chi connectivity index (χ3n) is 3.87. The second kappa shape index (κ2) is 6.62. The Morgan fingerprint density at radius 3 is 2.83 bits per heavy atom. The van der Waals surface area contributed by atoms with Gasteiger partial charge in [-0.3, -0.25) is 4.79 Å². The highest BCUT2D eigenvalue weighted by molar-refractivity contribution is 5.90. The van der Waals surface area contributed by atoms with Crippen LogP contribution in [0.3, 0.4) is 0 Å². The summed E-state index contributed by atoms with van der Waals surface area (Å²) in [5, 5.41) is 11.0. The summed E-state index contributed by atoms with van der Waals surface area (Å²) in [7, 11) is 0. The van der Waals surface area contributed by atoms with Crippen molar-refractivity contribution in [2.45, 2.75) is 19.9 Å². The maximum Gasteiger partial charge on any atom is 0.280 e. The first-order valence-corrected chi connectivity index (χ1v) is 7.67. The van der Waals surface area contributed by atoms with Crippen molar-refractivity contribution in [3.8, 4) is 0 Å². The third-order valence-corrected chi connectivity index (χ3v) is 3.87. The molecule has 0 aliphatic carbocycles. The number of nitrogens with zero attached hydrogens (tertiary/aromatic N) is 1. The second-order valence-electron chi connectivity index (χ2n) is 5.67. The number of nitrogens with two attached hydrogens (primary N) is 1. The highest BCUT2D eigenvalue weighted by atomic mass is 16.5. The molecule has 1 amide bonds. The molecule has 5 nitrogen and oxygen atoms in total. The molecule has 0 saturated heterocycles. The Balaban J connectivity index is 1.64. The van der Waals surface area contributed by atoms with Crippen LogP contribution in [0.25, 0.3) is 10.8 Å². The second-order valence-corrected chi connectivity index (χ2v) is 5.67. The molecule has 2 aromatic carbocycles. The zero-order valence-electron chi connectivity index (χ0n) is 13.2. The Kier molecular flexibility index (Phi) is 4.39. The fourth-order valence-electron chi connectivity index (χ4n) is 2.68. The average molecular weight is 310 g/mol. The number of anilines is 1. The number of fused-ring (bicyclic) bond motifs is 1. The molecule has 0 unspecified atom stereocenters. The Hall–Kier alpha value is -2.66. The quantitative estimate of drug-likeness (QED) is 0.760. The van der Waals surface area contributed by atoms with Crippen molar-refractivity contribution < 1.29 is 14.6 Å². The van der Waals surface area contributed by atoms with E-state index >= 15 is 0 Å². The number of hydrogen-bond donors (Lipinski definition) is 2. The van der Waals surface area contributed by atoms with E-state index < -0.39 is 0 Å². The summed E-state index contributed by atoms with van der Waals surface area (Å²) in [6, 6.07) is 16.5. The lowest BCUT2D eigenvalue weighted by molar-refractivity contribution is -0.682. The third kappa shape index (κ3) is 3.57. The number of aryl methyl sites for hydroxylation is 1. The van der Waals surface area contributed by atoms with E-state index in [4.69, 9.17) is 4.52 Å². The van der Waals surface area contributed by atoms with E-state index in [2.05, 4.69) is 47.7 Å². The van der Waals surface area contributed by atoms with Gasteiger partial charge in [-0.05, 0) is 24.6 Å². The van der Waals surface area contributed by atoms with Crippen LogP contribution in [-0.4, -0.2) is 17.6 Å². The Bertz CT molecular complexity index is 821. The summed E-state index contributed by atoms with van der Waals surface area (Å²) in [5.41, 5.74) is 1.23. The monoisotopic (exact) mass is 310 g/mol. The summed E-state index contributed by atoms with van der Waals surface area (Å²) >= 11 is 0. The molecule has 0 bridgehead atoms. The molecule has 3 rings (SSSR count). The maximum absolute atomic E-state index is 12.0.